The van der Waals surface area contributed by atoms with Crippen LogP contribution in [-0.2, 0) is 10.8 Å². The third-order valence-corrected chi connectivity index (χ3v) is 15.1. The predicted octanol–water partition coefficient (Wildman–Crippen LogP) is 15.5. The van der Waals surface area contributed by atoms with Crippen LogP contribution in [0.2, 0.25) is 0 Å². The van der Waals surface area contributed by atoms with Crippen LogP contribution in [0, 0.1) is 0 Å². The highest BCUT2D eigenvalue weighted by Crippen LogP contribution is 2.63. The number of para-hydroxylation sites is 1. The summed E-state index contributed by atoms with van der Waals surface area (Å²) in [5.41, 5.74) is 21.5. The van der Waals surface area contributed by atoms with E-state index in [1.807, 2.05) is 18.2 Å². The predicted molar refractivity (Wildman–Crippen MR) is 250 cm³/mol. The van der Waals surface area contributed by atoms with Crippen molar-refractivity contribution in [1.29, 1.82) is 0 Å². The molecule has 13 rings (SSSR count). The number of aromatic nitrogens is 2. The summed E-state index contributed by atoms with van der Waals surface area (Å²) < 4.78 is 6.34. The van der Waals surface area contributed by atoms with Crippen LogP contribution in [0.1, 0.15) is 86.5 Å². The van der Waals surface area contributed by atoms with E-state index in [0.717, 1.165) is 50.0 Å². The first-order valence-electron chi connectivity index (χ1n) is 22.6. The maximum absolute atomic E-state index is 6.34. The molecule has 2 saturated carbocycles. The van der Waals surface area contributed by atoms with E-state index >= 15 is 0 Å². The van der Waals surface area contributed by atoms with E-state index in [-0.39, 0.29) is 10.8 Å². The summed E-state index contributed by atoms with van der Waals surface area (Å²) in [5, 5.41) is 2.24. The molecule has 0 aliphatic heterocycles. The lowest BCUT2D eigenvalue weighted by atomic mass is 9.66. The highest BCUT2D eigenvalue weighted by Gasteiger charge is 2.49. The Hall–Kier alpha value is -6.58. The molecule has 2 fully saturated rings. The van der Waals surface area contributed by atoms with Crippen molar-refractivity contribution in [3.05, 3.63) is 180 Å². The molecule has 0 unspecified atom stereocenters. The first kappa shape index (κ1) is 35.2. The number of nitrogens with zero attached hydrogens (tertiary/aromatic N) is 2. The van der Waals surface area contributed by atoms with Gasteiger partial charge in [-0.15, -0.1) is 0 Å². The molecule has 2 heterocycles. The van der Waals surface area contributed by atoms with Gasteiger partial charge in [0.1, 0.15) is 11.2 Å². The van der Waals surface area contributed by atoms with Crippen LogP contribution in [0.25, 0.3) is 89.2 Å². The average Bonchev–Trinajstić information content (AvgIpc) is 3.92. The molecule has 9 aromatic rings. The van der Waals surface area contributed by atoms with Crippen molar-refractivity contribution in [2.24, 2.45) is 0 Å². The van der Waals surface area contributed by atoms with Gasteiger partial charge in [-0.25, -0.2) is 9.97 Å². The Morgan fingerprint density at radius 1 is 0.361 bits per heavy atom. The van der Waals surface area contributed by atoms with Gasteiger partial charge in [-0.1, -0.05) is 154 Å². The molecule has 0 radical (unpaired) electrons. The van der Waals surface area contributed by atoms with E-state index in [1.165, 1.54) is 103 Å². The van der Waals surface area contributed by atoms with Gasteiger partial charge < -0.3 is 4.42 Å². The summed E-state index contributed by atoms with van der Waals surface area (Å²) in [6, 6.07) is 58.3. The fraction of sp³-hybridized carbons (Fsp3) is 0.207. The van der Waals surface area contributed by atoms with Gasteiger partial charge in [-0.3, -0.25) is 0 Å². The van der Waals surface area contributed by atoms with Crippen LogP contribution in [0.15, 0.2) is 162 Å². The number of hydrogen-bond donors (Lipinski definition) is 0. The first-order chi connectivity index (χ1) is 30.2. The molecule has 61 heavy (non-hydrogen) atoms. The van der Waals surface area contributed by atoms with Crippen molar-refractivity contribution in [3.8, 4) is 67.3 Å². The van der Waals surface area contributed by atoms with E-state index in [0.29, 0.717) is 5.82 Å². The summed E-state index contributed by atoms with van der Waals surface area (Å²) in [6.45, 7) is 0. The maximum atomic E-state index is 6.34. The van der Waals surface area contributed by atoms with E-state index in [9.17, 15) is 0 Å². The lowest BCUT2D eigenvalue weighted by Crippen LogP contribution is -2.29. The second-order valence-electron chi connectivity index (χ2n) is 18.2. The first-order valence-corrected chi connectivity index (χ1v) is 22.6. The van der Waals surface area contributed by atoms with Gasteiger partial charge in [0, 0.05) is 38.3 Å². The molecular weight excluding hydrogens is 741 g/mol. The van der Waals surface area contributed by atoms with Gasteiger partial charge in [0.25, 0.3) is 0 Å². The maximum Gasteiger partial charge on any atom is 0.160 e. The second kappa shape index (κ2) is 13.5. The second-order valence-corrected chi connectivity index (χ2v) is 18.2. The molecule has 4 aliphatic rings. The van der Waals surface area contributed by atoms with Gasteiger partial charge in [0.05, 0.1) is 11.4 Å². The van der Waals surface area contributed by atoms with Gasteiger partial charge in [-0.2, -0.15) is 0 Å². The Labute approximate surface area is 357 Å². The zero-order valence-electron chi connectivity index (χ0n) is 34.4. The Balaban J connectivity index is 0.980. The SMILES string of the molecule is c1ccc(-c2nc(-c3cccc(-c4cccc5c4-c4cc6c(cc4C54CCCCC4)-c4ccccc4C64CCCCC4)c3)cc(-c3ccc4c(c3)oc3ccccc34)n2)cc1. The quantitative estimate of drug-likeness (QED) is 0.178. The van der Waals surface area contributed by atoms with E-state index in [1.54, 1.807) is 16.7 Å². The fourth-order valence-electron chi connectivity index (χ4n) is 12.3. The summed E-state index contributed by atoms with van der Waals surface area (Å²) in [4.78, 5) is 10.5. The summed E-state index contributed by atoms with van der Waals surface area (Å²) in [5.74, 6) is 0.712. The molecule has 7 aromatic carbocycles. The van der Waals surface area contributed by atoms with E-state index in [2.05, 4.69) is 140 Å². The highest BCUT2D eigenvalue weighted by molar-refractivity contribution is 6.06. The Morgan fingerprint density at radius 2 is 0.951 bits per heavy atom. The van der Waals surface area contributed by atoms with Gasteiger partial charge in [0.2, 0.25) is 0 Å². The zero-order valence-corrected chi connectivity index (χ0v) is 34.4. The van der Waals surface area contributed by atoms with Crippen molar-refractivity contribution in [2.75, 3.05) is 0 Å². The smallest absolute Gasteiger partial charge is 0.160 e. The number of benzene rings is 7. The van der Waals surface area contributed by atoms with Crippen molar-refractivity contribution in [3.63, 3.8) is 0 Å². The van der Waals surface area contributed by atoms with Crippen LogP contribution in [0.4, 0.5) is 0 Å². The molecule has 3 heteroatoms. The van der Waals surface area contributed by atoms with Crippen LogP contribution < -0.4 is 0 Å². The monoisotopic (exact) mass is 786 g/mol. The largest absolute Gasteiger partial charge is 0.456 e. The van der Waals surface area contributed by atoms with Gasteiger partial charge in [-0.05, 0) is 124 Å². The third-order valence-electron chi connectivity index (χ3n) is 15.1. The van der Waals surface area contributed by atoms with Gasteiger partial charge in [0.15, 0.2) is 5.82 Å². The highest BCUT2D eigenvalue weighted by atomic mass is 16.3. The van der Waals surface area contributed by atoms with E-state index < -0.39 is 0 Å². The summed E-state index contributed by atoms with van der Waals surface area (Å²) in [7, 11) is 0. The molecule has 294 valence electrons. The van der Waals surface area contributed by atoms with Crippen LogP contribution in [0.5, 0.6) is 0 Å². The normalized spacial score (nSPS) is 16.8. The minimum absolute atomic E-state index is 0.0515. The number of rotatable bonds is 4. The Kier molecular flexibility index (Phi) is 7.77. The molecule has 2 aromatic heterocycles. The van der Waals surface area contributed by atoms with Crippen molar-refractivity contribution in [1.82, 2.24) is 9.97 Å². The molecule has 0 amide bonds. The molecule has 0 atom stereocenters. The van der Waals surface area contributed by atoms with E-state index in [4.69, 9.17) is 14.4 Å². The summed E-state index contributed by atoms with van der Waals surface area (Å²) in [6.07, 6.45) is 12.7. The van der Waals surface area contributed by atoms with Crippen molar-refractivity contribution >= 4 is 21.9 Å². The Morgan fingerprint density at radius 3 is 1.77 bits per heavy atom. The number of hydrogen-bond acceptors (Lipinski definition) is 3. The minimum atomic E-state index is 0.0515. The fourth-order valence-corrected chi connectivity index (χ4v) is 12.3. The third kappa shape index (κ3) is 5.22. The molecule has 2 spiro atoms. The van der Waals surface area contributed by atoms with Crippen LogP contribution in [0.3, 0.4) is 0 Å². The van der Waals surface area contributed by atoms with Gasteiger partial charge >= 0.3 is 0 Å². The molecule has 3 nitrogen and oxygen atoms in total. The molecule has 0 saturated heterocycles. The van der Waals surface area contributed by atoms with Crippen LogP contribution >= 0.6 is 0 Å². The van der Waals surface area contributed by atoms with Crippen molar-refractivity contribution in [2.45, 2.75) is 75.0 Å². The zero-order chi connectivity index (χ0) is 40.1. The minimum Gasteiger partial charge on any atom is -0.456 e. The van der Waals surface area contributed by atoms with Crippen molar-refractivity contribution < 1.29 is 4.42 Å². The number of fused-ring (bicyclic) bond motifs is 13. The lowest BCUT2D eigenvalue weighted by molar-refractivity contribution is 0.350. The molecule has 0 N–H and O–H groups in total. The molecule has 4 aliphatic carbocycles. The lowest BCUT2D eigenvalue weighted by Gasteiger charge is -2.37. The van der Waals surface area contributed by atoms with Crippen LogP contribution in [-0.4, -0.2) is 9.97 Å². The number of furan rings is 1. The topological polar surface area (TPSA) is 38.9 Å². The average molecular weight is 787 g/mol. The molecule has 0 bridgehead atoms. The molecular formula is C58H46N2O. The summed E-state index contributed by atoms with van der Waals surface area (Å²) >= 11 is 0. The standard InChI is InChI=1S/C58H46N2O/c1-4-16-37(17-5-1)56-59-51(36-52(60-56)40-26-27-44-43-21-7-9-25-53(43)61-54(44)33-40)39-19-14-18-38(32-39)41-22-15-24-48-55(41)46-35-49-45(34-50(46)58(48)30-12-3-13-31-58)42-20-6-8-23-47(42)57(49)28-10-2-11-29-57/h1,4-9,14-27,32-36H,2-3,10-13,28-31H2. The Bertz CT molecular complexity index is 3210.